The average molecular weight is 219 g/mol. The van der Waals surface area contributed by atoms with E-state index in [1.165, 1.54) is 0 Å². The minimum atomic E-state index is -0.979. The number of carboxylic acid groups (broad SMARTS) is 1. The van der Waals surface area contributed by atoms with Crippen LogP contribution in [-0.4, -0.2) is 25.7 Å². The Bertz CT molecular complexity index is 558. The molecule has 0 amide bonds. The molecular weight excluding hydrogens is 206 g/mol. The highest BCUT2D eigenvalue weighted by atomic mass is 16.4. The van der Waals surface area contributed by atoms with E-state index in [4.69, 9.17) is 5.11 Å². The maximum Gasteiger partial charge on any atom is 0.339 e. The molecule has 5 nitrogen and oxygen atoms in total. The molecule has 5 heteroatoms. The van der Waals surface area contributed by atoms with Gasteiger partial charge in [-0.05, 0) is 19.1 Å². The van der Waals surface area contributed by atoms with Crippen molar-refractivity contribution in [3.05, 3.63) is 29.2 Å². The van der Waals surface area contributed by atoms with E-state index in [0.717, 1.165) is 11.5 Å². The number of hydrogen-bond donors (Lipinski definition) is 1. The lowest BCUT2D eigenvalue weighted by Gasteiger charge is -2.07. The number of carbonyl (C=O) groups is 1. The van der Waals surface area contributed by atoms with Gasteiger partial charge in [0.1, 0.15) is 11.4 Å². The van der Waals surface area contributed by atoms with Crippen LogP contribution in [0.2, 0.25) is 0 Å². The molecule has 0 atom stereocenters. The molecule has 2 aromatic heterocycles. The second kappa shape index (κ2) is 3.59. The summed E-state index contributed by atoms with van der Waals surface area (Å²) in [6.07, 6.45) is 0. The fourth-order valence-corrected chi connectivity index (χ4v) is 1.71. The monoisotopic (exact) mass is 219 g/mol. The van der Waals surface area contributed by atoms with Crippen molar-refractivity contribution in [3.63, 3.8) is 0 Å². The van der Waals surface area contributed by atoms with E-state index in [-0.39, 0.29) is 11.5 Å². The summed E-state index contributed by atoms with van der Waals surface area (Å²) in [6, 6.07) is 3.33. The van der Waals surface area contributed by atoms with Crippen LogP contribution in [0.15, 0.2) is 12.1 Å². The minimum absolute atomic E-state index is 0.185. The Morgan fingerprint density at radius 3 is 2.62 bits per heavy atom. The van der Waals surface area contributed by atoms with Crippen LogP contribution in [0.4, 0.5) is 0 Å². The largest absolute Gasteiger partial charge is 0.478 e. The van der Waals surface area contributed by atoms with Gasteiger partial charge in [0.2, 0.25) is 0 Å². The third kappa shape index (κ3) is 1.44. The standard InChI is InChI=1S/C11H13N3O2/c1-6(2)9-12-13-10-8(11(15)16)5-4-7(3)14(9)10/h4-6H,1-3H3,(H,15,16). The Morgan fingerprint density at radius 1 is 1.38 bits per heavy atom. The molecule has 0 spiro atoms. The highest BCUT2D eigenvalue weighted by Crippen LogP contribution is 2.18. The van der Waals surface area contributed by atoms with Crippen molar-refractivity contribution >= 4 is 11.6 Å². The second-order valence-electron chi connectivity index (χ2n) is 4.07. The lowest BCUT2D eigenvalue weighted by Crippen LogP contribution is -2.05. The third-order valence-electron chi connectivity index (χ3n) is 2.52. The Labute approximate surface area is 92.7 Å². The predicted molar refractivity (Wildman–Crippen MR) is 58.8 cm³/mol. The van der Waals surface area contributed by atoms with Gasteiger partial charge in [-0.25, -0.2) is 4.79 Å². The molecule has 0 aliphatic heterocycles. The van der Waals surface area contributed by atoms with Crippen LogP contribution in [0.5, 0.6) is 0 Å². The molecule has 0 saturated carbocycles. The first kappa shape index (κ1) is 10.6. The molecule has 1 N–H and O–H groups in total. The Morgan fingerprint density at radius 2 is 2.06 bits per heavy atom. The molecule has 0 aliphatic rings. The number of aryl methyl sites for hydroxylation is 1. The van der Waals surface area contributed by atoms with Crippen LogP contribution in [0, 0.1) is 6.92 Å². The van der Waals surface area contributed by atoms with Gasteiger partial charge < -0.3 is 5.11 Å². The zero-order chi connectivity index (χ0) is 11.9. The molecule has 0 unspecified atom stereocenters. The van der Waals surface area contributed by atoms with Gasteiger partial charge in [-0.1, -0.05) is 13.8 Å². The summed E-state index contributed by atoms with van der Waals surface area (Å²) in [4.78, 5) is 11.0. The number of pyridine rings is 1. The van der Waals surface area contributed by atoms with Gasteiger partial charge in [-0.15, -0.1) is 10.2 Å². The van der Waals surface area contributed by atoms with E-state index in [1.807, 2.05) is 20.8 Å². The van der Waals surface area contributed by atoms with Crippen molar-refractivity contribution in [1.29, 1.82) is 0 Å². The summed E-state index contributed by atoms with van der Waals surface area (Å²) in [5.41, 5.74) is 1.54. The van der Waals surface area contributed by atoms with Gasteiger partial charge in [0.05, 0.1) is 0 Å². The zero-order valence-corrected chi connectivity index (χ0v) is 9.43. The van der Waals surface area contributed by atoms with E-state index >= 15 is 0 Å². The van der Waals surface area contributed by atoms with Gasteiger partial charge in [0.25, 0.3) is 0 Å². The first-order valence-corrected chi connectivity index (χ1v) is 5.10. The van der Waals surface area contributed by atoms with E-state index in [9.17, 15) is 4.79 Å². The number of carboxylic acids is 1. The summed E-state index contributed by atoms with van der Waals surface area (Å²) in [5, 5.41) is 17.0. The van der Waals surface area contributed by atoms with Gasteiger partial charge >= 0.3 is 5.97 Å². The van der Waals surface area contributed by atoms with Gasteiger partial charge in [0, 0.05) is 11.6 Å². The van der Waals surface area contributed by atoms with Crippen molar-refractivity contribution in [2.24, 2.45) is 0 Å². The number of hydrogen-bond acceptors (Lipinski definition) is 3. The molecular formula is C11H13N3O2. The molecule has 0 aromatic carbocycles. The lowest BCUT2D eigenvalue weighted by molar-refractivity contribution is 0.0698. The normalized spacial score (nSPS) is 11.2. The zero-order valence-electron chi connectivity index (χ0n) is 9.43. The lowest BCUT2D eigenvalue weighted by atomic mass is 10.2. The summed E-state index contributed by atoms with van der Waals surface area (Å²) >= 11 is 0. The maximum atomic E-state index is 11.0. The molecule has 2 aromatic rings. The molecule has 84 valence electrons. The van der Waals surface area contributed by atoms with Crippen molar-refractivity contribution in [2.45, 2.75) is 26.7 Å². The fraction of sp³-hybridized carbons (Fsp3) is 0.364. The third-order valence-corrected chi connectivity index (χ3v) is 2.52. The SMILES string of the molecule is Cc1ccc(C(=O)O)c2nnc(C(C)C)n12. The first-order chi connectivity index (χ1) is 7.52. The average Bonchev–Trinajstić information content (AvgIpc) is 2.62. The molecule has 2 rings (SSSR count). The number of fused-ring (bicyclic) bond motifs is 1. The minimum Gasteiger partial charge on any atom is -0.478 e. The van der Waals surface area contributed by atoms with Crippen LogP contribution in [-0.2, 0) is 0 Å². The Kier molecular flexibility index (Phi) is 2.38. The van der Waals surface area contributed by atoms with Crippen LogP contribution in [0.3, 0.4) is 0 Å². The van der Waals surface area contributed by atoms with Crippen LogP contribution in [0.25, 0.3) is 5.65 Å². The fourth-order valence-electron chi connectivity index (χ4n) is 1.71. The van der Waals surface area contributed by atoms with E-state index in [2.05, 4.69) is 10.2 Å². The molecule has 0 saturated heterocycles. The second-order valence-corrected chi connectivity index (χ2v) is 4.07. The molecule has 0 radical (unpaired) electrons. The van der Waals surface area contributed by atoms with Gasteiger partial charge in [0.15, 0.2) is 5.65 Å². The number of rotatable bonds is 2. The van der Waals surface area contributed by atoms with Crippen molar-refractivity contribution in [3.8, 4) is 0 Å². The van der Waals surface area contributed by atoms with Crippen LogP contribution >= 0.6 is 0 Å². The Hall–Kier alpha value is -1.91. The van der Waals surface area contributed by atoms with Gasteiger partial charge in [-0.3, -0.25) is 4.40 Å². The molecule has 0 fully saturated rings. The molecule has 0 bridgehead atoms. The molecule has 16 heavy (non-hydrogen) atoms. The molecule has 0 aliphatic carbocycles. The number of aromatic carboxylic acids is 1. The quantitative estimate of drug-likeness (QED) is 0.837. The predicted octanol–water partition coefficient (Wildman–Crippen LogP) is 1.86. The smallest absolute Gasteiger partial charge is 0.339 e. The van der Waals surface area contributed by atoms with Gasteiger partial charge in [-0.2, -0.15) is 0 Å². The maximum absolute atomic E-state index is 11.0. The van der Waals surface area contributed by atoms with E-state index in [0.29, 0.717) is 5.65 Å². The highest BCUT2D eigenvalue weighted by Gasteiger charge is 2.17. The van der Waals surface area contributed by atoms with Crippen LogP contribution in [0.1, 0.15) is 41.6 Å². The van der Waals surface area contributed by atoms with Crippen molar-refractivity contribution < 1.29 is 9.90 Å². The number of nitrogens with zero attached hydrogens (tertiary/aromatic N) is 3. The topological polar surface area (TPSA) is 67.5 Å². The number of aromatic nitrogens is 3. The summed E-state index contributed by atoms with van der Waals surface area (Å²) in [6.45, 7) is 5.92. The van der Waals surface area contributed by atoms with E-state index in [1.54, 1.807) is 16.5 Å². The summed E-state index contributed by atoms with van der Waals surface area (Å²) in [5.74, 6) is 0.0149. The summed E-state index contributed by atoms with van der Waals surface area (Å²) in [7, 11) is 0. The first-order valence-electron chi connectivity index (χ1n) is 5.10. The Balaban J connectivity index is 2.83. The van der Waals surface area contributed by atoms with Crippen molar-refractivity contribution in [1.82, 2.24) is 14.6 Å². The highest BCUT2D eigenvalue weighted by molar-refractivity contribution is 5.94. The van der Waals surface area contributed by atoms with E-state index < -0.39 is 5.97 Å². The molecule has 2 heterocycles. The summed E-state index contributed by atoms with van der Waals surface area (Å²) < 4.78 is 1.80. The van der Waals surface area contributed by atoms with Crippen LogP contribution < -0.4 is 0 Å². The van der Waals surface area contributed by atoms with Crippen molar-refractivity contribution in [2.75, 3.05) is 0 Å².